The Morgan fingerprint density at radius 3 is 2.46 bits per heavy atom. The number of rotatable bonds is 5. The highest BCUT2D eigenvalue weighted by Crippen LogP contribution is 2.11. The highest BCUT2D eigenvalue weighted by atomic mass is 16.2. The van der Waals surface area contributed by atoms with Crippen molar-refractivity contribution in [3.63, 3.8) is 0 Å². The van der Waals surface area contributed by atoms with Crippen LogP contribution in [-0.4, -0.2) is 20.8 Å². The molecule has 1 heterocycles. The van der Waals surface area contributed by atoms with Crippen molar-refractivity contribution in [3.8, 4) is 0 Å². The molecule has 2 aromatic carbocycles. The summed E-state index contributed by atoms with van der Waals surface area (Å²) in [6.07, 6.45) is 1.60. The molecular weight excluding hydrogens is 326 g/mol. The number of nitrogens with one attached hydrogen (secondary N) is 1. The lowest BCUT2D eigenvalue weighted by atomic mass is 10.2. The Labute approximate surface area is 152 Å². The molecule has 0 spiro atoms. The minimum atomic E-state index is -0.195. The van der Waals surface area contributed by atoms with E-state index < -0.39 is 0 Å². The molecule has 0 aliphatic carbocycles. The first-order chi connectivity index (χ1) is 12.5. The second-order valence-corrected chi connectivity index (χ2v) is 6.43. The predicted molar refractivity (Wildman–Crippen MR) is 102 cm³/mol. The molecule has 0 aliphatic heterocycles. The van der Waals surface area contributed by atoms with Crippen LogP contribution in [0.5, 0.6) is 0 Å². The van der Waals surface area contributed by atoms with Crippen LogP contribution >= 0.6 is 0 Å². The molecule has 0 bridgehead atoms. The number of para-hydroxylation sites is 1. The standard InChI is InChI=1S/C21H21N3O2/c1-15(2)12-20(25)24(13-16-8-4-3-5-9-16)14-19-22-18-11-7-6-10-17(18)21(26)23-19/h3-12H,13-14H2,1-2H3,(H,22,23,26). The van der Waals surface area contributed by atoms with Crippen molar-refractivity contribution in [1.82, 2.24) is 14.9 Å². The summed E-state index contributed by atoms with van der Waals surface area (Å²) < 4.78 is 0. The Morgan fingerprint density at radius 2 is 1.73 bits per heavy atom. The van der Waals surface area contributed by atoms with Gasteiger partial charge in [0.25, 0.3) is 5.56 Å². The van der Waals surface area contributed by atoms with Gasteiger partial charge in [-0.3, -0.25) is 9.59 Å². The second-order valence-electron chi connectivity index (χ2n) is 6.43. The fourth-order valence-corrected chi connectivity index (χ4v) is 2.74. The van der Waals surface area contributed by atoms with Crippen molar-refractivity contribution in [2.75, 3.05) is 0 Å². The first kappa shape index (κ1) is 17.6. The van der Waals surface area contributed by atoms with E-state index >= 15 is 0 Å². The molecule has 3 rings (SSSR count). The zero-order valence-corrected chi connectivity index (χ0v) is 14.9. The maximum atomic E-state index is 12.6. The van der Waals surface area contributed by atoms with Crippen molar-refractivity contribution >= 4 is 16.8 Å². The third-order valence-electron chi connectivity index (χ3n) is 3.94. The summed E-state index contributed by atoms with van der Waals surface area (Å²) in [5, 5.41) is 0.543. The minimum absolute atomic E-state index is 0.107. The van der Waals surface area contributed by atoms with Gasteiger partial charge in [-0.1, -0.05) is 48.0 Å². The SMILES string of the molecule is CC(C)=CC(=O)N(Cc1ccccc1)Cc1nc2ccccc2c(=O)[nH]1. The monoisotopic (exact) mass is 347 g/mol. The molecule has 26 heavy (non-hydrogen) atoms. The normalized spacial score (nSPS) is 10.5. The number of allylic oxidation sites excluding steroid dienone is 1. The molecule has 0 unspecified atom stereocenters. The van der Waals surface area contributed by atoms with Crippen LogP contribution in [0.1, 0.15) is 25.2 Å². The summed E-state index contributed by atoms with van der Waals surface area (Å²) in [5.41, 5.74) is 2.37. The maximum Gasteiger partial charge on any atom is 0.258 e. The zero-order chi connectivity index (χ0) is 18.5. The number of aromatic amines is 1. The molecule has 1 amide bonds. The van der Waals surface area contributed by atoms with Crippen LogP contribution in [0, 0.1) is 0 Å². The third kappa shape index (κ3) is 4.25. The number of carbonyl (C=O) groups excluding carboxylic acids is 1. The predicted octanol–water partition coefficient (Wildman–Crippen LogP) is 3.42. The van der Waals surface area contributed by atoms with E-state index in [-0.39, 0.29) is 18.0 Å². The van der Waals surface area contributed by atoms with Gasteiger partial charge in [-0.05, 0) is 31.5 Å². The van der Waals surface area contributed by atoms with Crippen molar-refractivity contribution in [2.45, 2.75) is 26.9 Å². The maximum absolute atomic E-state index is 12.6. The van der Waals surface area contributed by atoms with Crippen molar-refractivity contribution < 1.29 is 4.79 Å². The van der Waals surface area contributed by atoms with Crippen molar-refractivity contribution in [2.24, 2.45) is 0 Å². The average Bonchev–Trinajstić information content (AvgIpc) is 2.61. The number of hydrogen-bond acceptors (Lipinski definition) is 3. The van der Waals surface area contributed by atoms with Gasteiger partial charge in [0, 0.05) is 12.6 Å². The van der Waals surface area contributed by atoms with Crippen LogP contribution in [-0.2, 0) is 17.9 Å². The Bertz CT molecular complexity index is 1000. The van der Waals surface area contributed by atoms with Gasteiger partial charge in [0.2, 0.25) is 5.91 Å². The number of hydrogen-bond donors (Lipinski definition) is 1. The molecule has 5 heteroatoms. The fraction of sp³-hybridized carbons (Fsp3) is 0.190. The van der Waals surface area contributed by atoms with E-state index in [0.29, 0.717) is 23.3 Å². The van der Waals surface area contributed by atoms with Crippen molar-refractivity contribution in [3.05, 3.63) is 88.0 Å². The van der Waals surface area contributed by atoms with Crippen LogP contribution in [0.25, 0.3) is 10.9 Å². The number of nitrogens with zero attached hydrogens (tertiary/aromatic N) is 2. The molecule has 1 aromatic heterocycles. The Hall–Kier alpha value is -3.21. The quantitative estimate of drug-likeness (QED) is 0.719. The van der Waals surface area contributed by atoms with Gasteiger partial charge in [-0.2, -0.15) is 0 Å². The summed E-state index contributed by atoms with van der Waals surface area (Å²) in [6, 6.07) is 16.9. The Morgan fingerprint density at radius 1 is 1.04 bits per heavy atom. The number of benzene rings is 2. The molecular formula is C21H21N3O2. The molecule has 0 aliphatic rings. The summed E-state index contributed by atoms with van der Waals surface area (Å²) in [4.78, 5) is 33.9. The first-order valence-corrected chi connectivity index (χ1v) is 8.48. The van der Waals surface area contributed by atoms with Crippen molar-refractivity contribution in [1.29, 1.82) is 0 Å². The van der Waals surface area contributed by atoms with Gasteiger partial charge in [0.15, 0.2) is 0 Å². The van der Waals surface area contributed by atoms with Gasteiger partial charge < -0.3 is 9.88 Å². The zero-order valence-electron chi connectivity index (χ0n) is 14.9. The molecule has 1 N–H and O–H groups in total. The Balaban J connectivity index is 1.93. The molecule has 5 nitrogen and oxygen atoms in total. The van der Waals surface area contributed by atoms with Crippen LogP contribution in [0.4, 0.5) is 0 Å². The van der Waals surface area contributed by atoms with E-state index in [0.717, 1.165) is 11.1 Å². The van der Waals surface area contributed by atoms with Gasteiger partial charge in [-0.25, -0.2) is 4.98 Å². The van der Waals surface area contributed by atoms with E-state index in [1.54, 1.807) is 29.2 Å². The van der Waals surface area contributed by atoms with Crippen LogP contribution < -0.4 is 5.56 Å². The summed E-state index contributed by atoms with van der Waals surface area (Å²) >= 11 is 0. The lowest BCUT2D eigenvalue weighted by Gasteiger charge is -2.21. The summed E-state index contributed by atoms with van der Waals surface area (Å²) in [7, 11) is 0. The second kappa shape index (κ2) is 7.78. The van der Waals surface area contributed by atoms with E-state index in [4.69, 9.17) is 0 Å². The average molecular weight is 347 g/mol. The van der Waals surface area contributed by atoms with E-state index in [1.807, 2.05) is 50.2 Å². The van der Waals surface area contributed by atoms with Crippen LogP contribution in [0.2, 0.25) is 0 Å². The Kier molecular flexibility index (Phi) is 5.27. The van der Waals surface area contributed by atoms with E-state index in [2.05, 4.69) is 9.97 Å². The number of H-pyrrole nitrogens is 1. The molecule has 3 aromatic rings. The van der Waals surface area contributed by atoms with Crippen LogP contribution in [0.15, 0.2) is 71.0 Å². The summed E-state index contributed by atoms with van der Waals surface area (Å²) in [6.45, 7) is 4.45. The van der Waals surface area contributed by atoms with E-state index in [9.17, 15) is 9.59 Å². The van der Waals surface area contributed by atoms with Crippen LogP contribution in [0.3, 0.4) is 0 Å². The van der Waals surface area contributed by atoms with Gasteiger partial charge >= 0.3 is 0 Å². The third-order valence-corrected chi connectivity index (χ3v) is 3.94. The number of carbonyl (C=O) groups is 1. The molecule has 0 atom stereocenters. The lowest BCUT2D eigenvalue weighted by molar-refractivity contribution is -0.127. The highest BCUT2D eigenvalue weighted by molar-refractivity contribution is 5.88. The topological polar surface area (TPSA) is 66.1 Å². The van der Waals surface area contributed by atoms with E-state index in [1.165, 1.54) is 0 Å². The number of amides is 1. The highest BCUT2D eigenvalue weighted by Gasteiger charge is 2.15. The number of aromatic nitrogens is 2. The summed E-state index contributed by atoms with van der Waals surface area (Å²) in [5.74, 6) is 0.366. The molecule has 0 saturated heterocycles. The fourth-order valence-electron chi connectivity index (χ4n) is 2.74. The lowest BCUT2D eigenvalue weighted by Crippen LogP contribution is -2.30. The molecule has 0 radical (unpaired) electrons. The van der Waals surface area contributed by atoms with Gasteiger partial charge in [-0.15, -0.1) is 0 Å². The molecule has 0 fully saturated rings. The first-order valence-electron chi connectivity index (χ1n) is 8.48. The van der Waals surface area contributed by atoms with Gasteiger partial charge in [0.05, 0.1) is 17.4 Å². The van der Waals surface area contributed by atoms with Gasteiger partial charge in [0.1, 0.15) is 5.82 Å². The molecule has 132 valence electrons. The molecule has 0 saturated carbocycles. The smallest absolute Gasteiger partial charge is 0.258 e. The largest absolute Gasteiger partial charge is 0.327 e. The number of fused-ring (bicyclic) bond motifs is 1. The minimum Gasteiger partial charge on any atom is -0.327 e.